The first kappa shape index (κ1) is 21.3. The molecule has 7 nitrogen and oxygen atoms in total. The summed E-state index contributed by atoms with van der Waals surface area (Å²) in [6.45, 7) is 3.17. The van der Waals surface area contributed by atoms with E-state index < -0.39 is 22.5 Å². The second-order valence-electron chi connectivity index (χ2n) is 7.02. The largest absolute Gasteiger partial charge is 0.507 e. The van der Waals surface area contributed by atoms with E-state index in [0.717, 1.165) is 32.5 Å². The van der Waals surface area contributed by atoms with Gasteiger partial charge in [0.05, 0.1) is 18.2 Å². The number of fused-ring (bicyclic) bond motifs is 1. The van der Waals surface area contributed by atoms with Gasteiger partial charge in [0.1, 0.15) is 12.3 Å². The number of benzene rings is 3. The minimum Gasteiger partial charge on any atom is -0.507 e. The Hall–Kier alpha value is -3.39. The second-order valence-corrected chi connectivity index (χ2v) is 8.93. The number of para-hydroxylation sites is 1. The molecule has 0 radical (unpaired) electrons. The van der Waals surface area contributed by atoms with Crippen molar-refractivity contribution in [2.24, 2.45) is 5.10 Å². The number of phenols is 1. The highest BCUT2D eigenvalue weighted by Gasteiger charge is 2.23. The van der Waals surface area contributed by atoms with Crippen LogP contribution < -0.4 is 9.73 Å². The number of sulfonamides is 1. The van der Waals surface area contributed by atoms with Crippen LogP contribution in [0.2, 0.25) is 0 Å². The van der Waals surface area contributed by atoms with E-state index in [-0.39, 0.29) is 5.75 Å². The standard InChI is InChI=1S/C22H23N3O4S/c1-15-7-6-8-16(2)22(15)25(30(3,28)29)14-21(27)24-23-13-19-18-10-5-4-9-17(18)11-12-20(19)26/h4-13,26H,14H2,1-3H3,(H,24,27)/b23-13+. The van der Waals surface area contributed by atoms with Crippen LogP contribution >= 0.6 is 0 Å². The number of carbonyl (C=O) groups is 1. The summed E-state index contributed by atoms with van der Waals surface area (Å²) in [5.41, 5.74) is 4.78. The number of aryl methyl sites for hydroxylation is 2. The Morgan fingerprint density at radius 3 is 2.40 bits per heavy atom. The molecule has 3 aromatic carbocycles. The van der Waals surface area contributed by atoms with Crippen molar-refractivity contribution in [3.63, 3.8) is 0 Å². The van der Waals surface area contributed by atoms with Crippen molar-refractivity contribution in [1.82, 2.24) is 5.43 Å². The van der Waals surface area contributed by atoms with Gasteiger partial charge in [0.2, 0.25) is 10.0 Å². The van der Waals surface area contributed by atoms with Crippen molar-refractivity contribution in [2.45, 2.75) is 13.8 Å². The SMILES string of the molecule is Cc1cccc(C)c1N(CC(=O)N/N=C/c1c(O)ccc2ccccc12)S(C)(=O)=O. The van der Waals surface area contributed by atoms with Crippen molar-refractivity contribution in [3.8, 4) is 5.75 Å². The molecule has 1 amide bonds. The van der Waals surface area contributed by atoms with Gasteiger partial charge < -0.3 is 5.11 Å². The molecule has 156 valence electrons. The first-order chi connectivity index (χ1) is 14.2. The number of nitrogens with one attached hydrogen (secondary N) is 1. The number of hydrogen-bond donors (Lipinski definition) is 2. The van der Waals surface area contributed by atoms with E-state index in [9.17, 15) is 18.3 Å². The van der Waals surface area contributed by atoms with Crippen molar-refractivity contribution < 1.29 is 18.3 Å². The minimum absolute atomic E-state index is 0.0278. The van der Waals surface area contributed by atoms with Gasteiger partial charge >= 0.3 is 0 Å². The van der Waals surface area contributed by atoms with Gasteiger partial charge in [0.15, 0.2) is 0 Å². The number of aromatic hydroxyl groups is 1. The first-order valence-corrected chi connectivity index (χ1v) is 11.1. The van der Waals surface area contributed by atoms with Crippen LogP contribution in [-0.4, -0.2) is 38.4 Å². The molecule has 0 aliphatic heterocycles. The van der Waals surface area contributed by atoms with E-state index in [2.05, 4.69) is 10.5 Å². The van der Waals surface area contributed by atoms with E-state index in [1.54, 1.807) is 38.1 Å². The molecule has 0 spiro atoms. The number of nitrogens with zero attached hydrogens (tertiary/aromatic N) is 2. The summed E-state index contributed by atoms with van der Waals surface area (Å²) < 4.78 is 25.7. The van der Waals surface area contributed by atoms with Crippen LogP contribution in [0, 0.1) is 13.8 Å². The maximum absolute atomic E-state index is 12.4. The molecule has 0 heterocycles. The molecule has 0 fully saturated rings. The Kier molecular flexibility index (Phi) is 6.07. The van der Waals surface area contributed by atoms with Crippen LogP contribution in [0.4, 0.5) is 5.69 Å². The third-order valence-corrected chi connectivity index (χ3v) is 5.82. The number of hydrogen-bond acceptors (Lipinski definition) is 5. The predicted octanol–water partition coefficient (Wildman–Crippen LogP) is 3.08. The number of carbonyl (C=O) groups excluding carboxylic acids is 1. The van der Waals surface area contributed by atoms with E-state index in [4.69, 9.17) is 0 Å². The fourth-order valence-corrected chi connectivity index (χ4v) is 4.29. The maximum Gasteiger partial charge on any atom is 0.260 e. The minimum atomic E-state index is -3.69. The molecular formula is C22H23N3O4S. The van der Waals surface area contributed by atoms with E-state index in [0.29, 0.717) is 11.3 Å². The molecule has 0 unspecified atom stereocenters. The Balaban J connectivity index is 1.82. The highest BCUT2D eigenvalue weighted by molar-refractivity contribution is 7.92. The van der Waals surface area contributed by atoms with E-state index in [1.807, 2.05) is 30.3 Å². The van der Waals surface area contributed by atoms with Crippen molar-refractivity contribution in [3.05, 3.63) is 71.3 Å². The molecule has 0 saturated carbocycles. The molecule has 8 heteroatoms. The Morgan fingerprint density at radius 1 is 1.07 bits per heavy atom. The number of amides is 1. The van der Waals surface area contributed by atoms with Gasteiger partial charge in [-0.25, -0.2) is 13.8 Å². The van der Waals surface area contributed by atoms with Gasteiger partial charge in [-0.1, -0.05) is 48.5 Å². The van der Waals surface area contributed by atoms with Gasteiger partial charge in [0, 0.05) is 5.56 Å². The van der Waals surface area contributed by atoms with Crippen LogP contribution in [0.1, 0.15) is 16.7 Å². The lowest BCUT2D eigenvalue weighted by molar-refractivity contribution is -0.119. The van der Waals surface area contributed by atoms with Crippen LogP contribution in [0.15, 0.2) is 59.7 Å². The number of hydrazone groups is 1. The quantitative estimate of drug-likeness (QED) is 0.468. The fourth-order valence-electron chi connectivity index (χ4n) is 3.32. The third kappa shape index (κ3) is 4.60. The zero-order valence-corrected chi connectivity index (χ0v) is 17.8. The molecule has 0 aromatic heterocycles. The molecule has 0 aliphatic carbocycles. The highest BCUT2D eigenvalue weighted by Crippen LogP contribution is 2.27. The zero-order chi connectivity index (χ0) is 21.9. The summed E-state index contributed by atoms with van der Waals surface area (Å²) in [4.78, 5) is 12.4. The van der Waals surface area contributed by atoms with Gasteiger partial charge in [-0.2, -0.15) is 5.10 Å². The molecule has 0 bridgehead atoms. The summed E-state index contributed by atoms with van der Waals surface area (Å²) in [5, 5.41) is 15.8. The summed E-state index contributed by atoms with van der Waals surface area (Å²) in [5.74, 6) is -0.570. The summed E-state index contributed by atoms with van der Waals surface area (Å²) in [6, 6.07) is 16.2. The van der Waals surface area contributed by atoms with Gasteiger partial charge in [0.25, 0.3) is 5.91 Å². The molecular weight excluding hydrogens is 402 g/mol. The number of phenolic OH excluding ortho intramolecular Hbond substituents is 1. The monoisotopic (exact) mass is 425 g/mol. The van der Waals surface area contributed by atoms with Gasteiger partial charge in [-0.05, 0) is 41.8 Å². The Morgan fingerprint density at radius 2 is 1.73 bits per heavy atom. The van der Waals surface area contributed by atoms with Crippen LogP contribution in [0.25, 0.3) is 10.8 Å². The van der Waals surface area contributed by atoms with E-state index in [1.165, 1.54) is 6.21 Å². The summed E-state index contributed by atoms with van der Waals surface area (Å²) in [7, 11) is -3.69. The smallest absolute Gasteiger partial charge is 0.260 e. The normalized spacial score (nSPS) is 11.7. The van der Waals surface area contributed by atoms with Crippen LogP contribution in [-0.2, 0) is 14.8 Å². The molecule has 0 aliphatic rings. The molecule has 30 heavy (non-hydrogen) atoms. The lowest BCUT2D eigenvalue weighted by atomic mass is 10.0. The second kappa shape index (κ2) is 8.54. The average molecular weight is 426 g/mol. The molecule has 0 atom stereocenters. The van der Waals surface area contributed by atoms with Crippen LogP contribution in [0.5, 0.6) is 5.75 Å². The van der Waals surface area contributed by atoms with Gasteiger partial charge in [-0.15, -0.1) is 0 Å². The Bertz CT molecular complexity index is 1220. The lowest BCUT2D eigenvalue weighted by Gasteiger charge is -2.25. The third-order valence-electron chi connectivity index (χ3n) is 4.71. The molecule has 3 aromatic rings. The van der Waals surface area contributed by atoms with Gasteiger partial charge in [-0.3, -0.25) is 9.10 Å². The van der Waals surface area contributed by atoms with Crippen molar-refractivity contribution in [2.75, 3.05) is 17.1 Å². The maximum atomic E-state index is 12.4. The summed E-state index contributed by atoms with van der Waals surface area (Å²) in [6.07, 6.45) is 2.41. The summed E-state index contributed by atoms with van der Waals surface area (Å²) >= 11 is 0. The fraction of sp³-hybridized carbons (Fsp3) is 0.182. The topological polar surface area (TPSA) is 99.1 Å². The van der Waals surface area contributed by atoms with E-state index >= 15 is 0 Å². The predicted molar refractivity (Wildman–Crippen MR) is 119 cm³/mol. The van der Waals surface area contributed by atoms with Crippen molar-refractivity contribution in [1.29, 1.82) is 0 Å². The average Bonchev–Trinajstić information content (AvgIpc) is 2.68. The first-order valence-electron chi connectivity index (χ1n) is 9.25. The molecule has 0 saturated heterocycles. The highest BCUT2D eigenvalue weighted by atomic mass is 32.2. The van der Waals surface area contributed by atoms with Crippen LogP contribution in [0.3, 0.4) is 0 Å². The molecule has 2 N–H and O–H groups in total. The number of rotatable bonds is 6. The molecule has 3 rings (SSSR count). The zero-order valence-electron chi connectivity index (χ0n) is 17.0. The number of anilines is 1. The lowest BCUT2D eigenvalue weighted by Crippen LogP contribution is -2.39. The van der Waals surface area contributed by atoms with Crippen molar-refractivity contribution >= 4 is 38.6 Å². The Labute approximate surface area is 175 Å².